The summed E-state index contributed by atoms with van der Waals surface area (Å²) in [6, 6.07) is 6.37. The van der Waals surface area contributed by atoms with Crippen LogP contribution in [0, 0.1) is 0 Å². The van der Waals surface area contributed by atoms with Crippen LogP contribution in [0.1, 0.15) is 15.9 Å². The molecular formula is C16H10F6O5S2. The zero-order chi connectivity index (χ0) is 22.0. The minimum absolute atomic E-state index is 0.0822. The number of carboxylic acids is 1. The number of carboxylic acid groups (broad SMARTS) is 1. The Morgan fingerprint density at radius 2 is 1.69 bits per heavy atom. The Morgan fingerprint density at radius 3 is 2.24 bits per heavy atom. The van der Waals surface area contributed by atoms with Gasteiger partial charge >= 0.3 is 17.8 Å². The van der Waals surface area contributed by atoms with Crippen LogP contribution in [0.4, 0.5) is 26.3 Å². The van der Waals surface area contributed by atoms with Crippen molar-refractivity contribution in [2.24, 2.45) is 0 Å². The van der Waals surface area contributed by atoms with Gasteiger partial charge in [0.15, 0.2) is 0 Å². The monoisotopic (exact) mass is 460 g/mol. The molecule has 0 atom stereocenters. The Kier molecular flexibility index (Phi) is 6.42. The number of alkyl halides is 6. The zero-order valence-electron chi connectivity index (χ0n) is 13.9. The van der Waals surface area contributed by atoms with E-state index in [1.54, 1.807) is 0 Å². The molecule has 29 heavy (non-hydrogen) atoms. The van der Waals surface area contributed by atoms with Crippen LogP contribution in [0.25, 0.3) is 0 Å². The molecule has 0 fully saturated rings. The highest BCUT2D eigenvalue weighted by Gasteiger charge is 2.46. The lowest BCUT2D eigenvalue weighted by molar-refractivity contribution is -0.274. The number of aromatic carboxylic acids is 1. The molecule has 0 spiro atoms. The molecule has 0 aliphatic rings. The molecule has 0 bridgehead atoms. The first-order chi connectivity index (χ1) is 13.2. The van der Waals surface area contributed by atoms with Gasteiger partial charge in [0, 0.05) is 10.6 Å². The number of sulfone groups is 1. The Balaban J connectivity index is 2.31. The maximum atomic E-state index is 12.7. The largest absolute Gasteiger partial charge is 0.573 e. The molecule has 0 aliphatic heterocycles. The summed E-state index contributed by atoms with van der Waals surface area (Å²) in [5.74, 6) is -2.34. The summed E-state index contributed by atoms with van der Waals surface area (Å²) in [7, 11) is -5.58. The van der Waals surface area contributed by atoms with Crippen molar-refractivity contribution in [3.05, 3.63) is 53.6 Å². The molecule has 1 N–H and O–H groups in total. The number of hydrogen-bond acceptors (Lipinski definition) is 5. The van der Waals surface area contributed by atoms with Crippen LogP contribution < -0.4 is 4.74 Å². The summed E-state index contributed by atoms with van der Waals surface area (Å²) in [6.07, 6.45) is -5.01. The molecule has 0 amide bonds. The fraction of sp³-hybridized carbons (Fsp3) is 0.188. The van der Waals surface area contributed by atoms with E-state index in [1.165, 1.54) is 6.07 Å². The number of thioether (sulfide) groups is 1. The SMILES string of the molecule is O=C(O)c1ccc(OC(F)(F)F)cc1SCc1cccc(S(=O)(=O)C(F)(F)F)c1. The lowest BCUT2D eigenvalue weighted by atomic mass is 10.2. The van der Waals surface area contributed by atoms with Crippen LogP contribution in [0.5, 0.6) is 5.75 Å². The van der Waals surface area contributed by atoms with E-state index in [2.05, 4.69) is 4.74 Å². The zero-order valence-corrected chi connectivity index (χ0v) is 15.5. The van der Waals surface area contributed by atoms with Gasteiger partial charge in [-0.05, 0) is 35.9 Å². The Labute approximate surface area is 164 Å². The maximum absolute atomic E-state index is 12.7. The van der Waals surface area contributed by atoms with Gasteiger partial charge in [0.1, 0.15) is 5.75 Å². The highest BCUT2D eigenvalue weighted by atomic mass is 32.2. The van der Waals surface area contributed by atoms with Gasteiger partial charge in [-0.2, -0.15) is 13.2 Å². The van der Waals surface area contributed by atoms with E-state index in [1.807, 2.05) is 0 Å². The Hall–Kier alpha value is -2.41. The third kappa shape index (κ3) is 5.79. The van der Waals surface area contributed by atoms with Crippen molar-refractivity contribution in [1.29, 1.82) is 0 Å². The second-order valence-corrected chi connectivity index (χ2v) is 8.35. The molecule has 0 saturated heterocycles. The van der Waals surface area contributed by atoms with E-state index in [0.29, 0.717) is 11.8 Å². The average Bonchev–Trinajstić information content (AvgIpc) is 2.57. The fourth-order valence-corrected chi connectivity index (χ4v) is 3.94. The van der Waals surface area contributed by atoms with Crippen LogP contribution in [-0.4, -0.2) is 31.4 Å². The first kappa shape index (κ1) is 22.9. The number of hydrogen-bond donors (Lipinski definition) is 1. The van der Waals surface area contributed by atoms with Gasteiger partial charge in [0.2, 0.25) is 0 Å². The molecule has 0 aromatic heterocycles. The van der Waals surface area contributed by atoms with Gasteiger partial charge in [-0.3, -0.25) is 0 Å². The van der Waals surface area contributed by atoms with Crippen molar-refractivity contribution in [3.63, 3.8) is 0 Å². The number of carbonyl (C=O) groups is 1. The van der Waals surface area contributed by atoms with Crippen molar-refractivity contribution >= 4 is 27.6 Å². The number of rotatable bonds is 6. The summed E-state index contributed by atoms with van der Waals surface area (Å²) < 4.78 is 102. The van der Waals surface area contributed by atoms with Crippen molar-refractivity contribution < 1.29 is 49.4 Å². The van der Waals surface area contributed by atoms with E-state index >= 15 is 0 Å². The first-order valence-electron chi connectivity index (χ1n) is 7.37. The van der Waals surface area contributed by atoms with Gasteiger partial charge < -0.3 is 9.84 Å². The Bertz CT molecular complexity index is 1020. The van der Waals surface area contributed by atoms with E-state index in [9.17, 15) is 39.6 Å². The molecule has 0 heterocycles. The van der Waals surface area contributed by atoms with Gasteiger partial charge in [-0.1, -0.05) is 12.1 Å². The first-order valence-corrected chi connectivity index (χ1v) is 9.84. The van der Waals surface area contributed by atoms with Gasteiger partial charge in [0.25, 0.3) is 9.84 Å². The molecule has 5 nitrogen and oxygen atoms in total. The van der Waals surface area contributed by atoms with E-state index in [-0.39, 0.29) is 21.8 Å². The molecule has 0 radical (unpaired) electrons. The van der Waals surface area contributed by atoms with Crippen LogP contribution in [0.15, 0.2) is 52.3 Å². The lowest BCUT2D eigenvalue weighted by Gasteiger charge is -2.12. The molecule has 158 valence electrons. The maximum Gasteiger partial charge on any atom is 0.573 e. The van der Waals surface area contributed by atoms with Gasteiger partial charge in [0.05, 0.1) is 10.5 Å². The molecule has 13 heteroatoms. The van der Waals surface area contributed by atoms with Crippen LogP contribution >= 0.6 is 11.8 Å². The van der Waals surface area contributed by atoms with E-state index in [0.717, 1.165) is 36.4 Å². The lowest BCUT2D eigenvalue weighted by Crippen LogP contribution is -2.23. The van der Waals surface area contributed by atoms with Crippen LogP contribution in [0.3, 0.4) is 0 Å². The molecule has 2 aromatic rings. The molecule has 0 aliphatic carbocycles. The van der Waals surface area contributed by atoms with Crippen LogP contribution in [-0.2, 0) is 15.6 Å². The highest BCUT2D eigenvalue weighted by molar-refractivity contribution is 7.98. The Morgan fingerprint density at radius 1 is 1.03 bits per heavy atom. The second-order valence-electron chi connectivity index (χ2n) is 5.40. The normalized spacial score (nSPS) is 12.6. The molecule has 2 aromatic carbocycles. The third-order valence-corrected chi connectivity index (χ3v) is 5.94. The summed E-state index contributed by atoms with van der Waals surface area (Å²) in [6.45, 7) is 0. The third-order valence-electron chi connectivity index (χ3n) is 3.32. The molecule has 2 rings (SSSR count). The highest BCUT2D eigenvalue weighted by Crippen LogP contribution is 2.34. The summed E-state index contributed by atoms with van der Waals surface area (Å²) in [5, 5.41) is 9.15. The average molecular weight is 460 g/mol. The predicted octanol–water partition coefficient (Wildman–Crippen LogP) is 4.87. The second kappa shape index (κ2) is 8.14. The van der Waals surface area contributed by atoms with E-state index in [4.69, 9.17) is 5.11 Å². The standard InChI is InChI=1S/C16H10F6O5S2/c17-15(18,19)27-10-4-5-12(14(23)24)13(7-10)28-8-9-2-1-3-11(6-9)29(25,26)16(20,21)22/h1-7H,8H2,(H,23,24). The number of ether oxygens (including phenoxy) is 1. The van der Waals surface area contributed by atoms with Crippen molar-refractivity contribution in [2.75, 3.05) is 0 Å². The summed E-state index contributed by atoms with van der Waals surface area (Å²) in [5.41, 5.74) is -5.78. The van der Waals surface area contributed by atoms with Crippen molar-refractivity contribution in [2.45, 2.75) is 27.4 Å². The predicted molar refractivity (Wildman–Crippen MR) is 89.3 cm³/mol. The topological polar surface area (TPSA) is 80.7 Å². The minimum Gasteiger partial charge on any atom is -0.478 e. The van der Waals surface area contributed by atoms with Crippen LogP contribution in [0.2, 0.25) is 0 Å². The van der Waals surface area contributed by atoms with E-state index < -0.39 is 38.3 Å². The smallest absolute Gasteiger partial charge is 0.478 e. The number of halogens is 6. The molecule has 0 unspecified atom stereocenters. The van der Waals surface area contributed by atoms with Crippen molar-refractivity contribution in [3.8, 4) is 5.75 Å². The van der Waals surface area contributed by atoms with Crippen molar-refractivity contribution in [1.82, 2.24) is 0 Å². The quantitative estimate of drug-likeness (QED) is 0.490. The number of benzene rings is 2. The van der Waals surface area contributed by atoms with Gasteiger partial charge in [-0.25, -0.2) is 13.2 Å². The summed E-state index contributed by atoms with van der Waals surface area (Å²) >= 11 is 0.691. The molecule has 0 saturated carbocycles. The minimum atomic E-state index is -5.58. The summed E-state index contributed by atoms with van der Waals surface area (Å²) in [4.78, 5) is 10.1. The molecular weight excluding hydrogens is 450 g/mol. The van der Waals surface area contributed by atoms with Gasteiger partial charge in [-0.15, -0.1) is 24.9 Å². The fourth-order valence-electron chi connectivity index (χ4n) is 2.09.